The van der Waals surface area contributed by atoms with E-state index in [0.717, 1.165) is 25.7 Å². The lowest BCUT2D eigenvalue weighted by Gasteiger charge is -2.29. The van der Waals surface area contributed by atoms with Gasteiger partial charge in [0.15, 0.2) is 0 Å². The lowest BCUT2D eigenvalue weighted by molar-refractivity contribution is 0.100. The lowest BCUT2D eigenvalue weighted by atomic mass is 9.91. The molecule has 1 heterocycles. The van der Waals surface area contributed by atoms with Gasteiger partial charge in [0.25, 0.3) is 5.91 Å². The minimum atomic E-state index is -0.688. The SMILES string of the molecule is C=C/C=C\Nc1ccc(Nc2nc(N[C@@H]3CCCC[C@@H]3N)ncc2C(N)=O)cc1F. The first-order valence-electron chi connectivity index (χ1n) is 9.77. The molecule has 0 aliphatic heterocycles. The van der Waals surface area contributed by atoms with Crippen molar-refractivity contribution in [1.29, 1.82) is 0 Å². The van der Waals surface area contributed by atoms with Gasteiger partial charge in [-0.2, -0.15) is 4.98 Å². The minimum absolute atomic E-state index is 0.0128. The van der Waals surface area contributed by atoms with Crippen LogP contribution in [0.4, 0.5) is 27.5 Å². The molecule has 1 amide bonds. The van der Waals surface area contributed by atoms with E-state index in [1.165, 1.54) is 12.3 Å². The minimum Gasteiger partial charge on any atom is -0.365 e. The zero-order chi connectivity index (χ0) is 21.5. The van der Waals surface area contributed by atoms with Crippen molar-refractivity contribution < 1.29 is 9.18 Å². The molecule has 7 N–H and O–H groups in total. The van der Waals surface area contributed by atoms with Crippen molar-refractivity contribution in [2.45, 2.75) is 37.8 Å². The van der Waals surface area contributed by atoms with Gasteiger partial charge in [-0.05, 0) is 37.1 Å². The quantitative estimate of drug-likeness (QED) is 0.421. The van der Waals surface area contributed by atoms with E-state index in [1.807, 2.05) is 0 Å². The smallest absolute Gasteiger partial charge is 0.254 e. The molecule has 1 aliphatic rings. The van der Waals surface area contributed by atoms with Crippen LogP contribution in [0.5, 0.6) is 0 Å². The van der Waals surface area contributed by atoms with Crippen LogP contribution in [-0.2, 0) is 0 Å². The molecule has 1 aliphatic carbocycles. The van der Waals surface area contributed by atoms with Crippen LogP contribution in [0.1, 0.15) is 36.0 Å². The van der Waals surface area contributed by atoms with Crippen molar-refractivity contribution in [3.05, 3.63) is 60.7 Å². The summed E-state index contributed by atoms with van der Waals surface area (Å²) in [6, 6.07) is 4.58. The molecule has 3 rings (SSSR count). The Labute approximate surface area is 174 Å². The Morgan fingerprint density at radius 3 is 2.80 bits per heavy atom. The number of hydrogen-bond acceptors (Lipinski definition) is 7. The van der Waals surface area contributed by atoms with Crippen molar-refractivity contribution in [3.63, 3.8) is 0 Å². The predicted octanol–water partition coefficient (Wildman–Crippen LogP) is 3.25. The Morgan fingerprint density at radius 1 is 1.30 bits per heavy atom. The largest absolute Gasteiger partial charge is 0.365 e. The maximum atomic E-state index is 14.4. The van der Waals surface area contributed by atoms with Gasteiger partial charge in [0.1, 0.15) is 17.2 Å². The monoisotopic (exact) mass is 411 g/mol. The van der Waals surface area contributed by atoms with Crippen molar-refractivity contribution >= 4 is 29.0 Å². The molecule has 0 bridgehead atoms. The zero-order valence-corrected chi connectivity index (χ0v) is 16.6. The Bertz CT molecular complexity index is 947. The van der Waals surface area contributed by atoms with Crippen molar-refractivity contribution in [2.75, 3.05) is 16.0 Å². The summed E-state index contributed by atoms with van der Waals surface area (Å²) in [6.45, 7) is 3.55. The van der Waals surface area contributed by atoms with Gasteiger partial charge in [-0.1, -0.05) is 25.5 Å². The van der Waals surface area contributed by atoms with Crippen LogP contribution in [0.15, 0.2) is 49.3 Å². The summed E-state index contributed by atoms with van der Waals surface area (Å²) in [4.78, 5) is 20.4. The lowest BCUT2D eigenvalue weighted by Crippen LogP contribution is -2.43. The second-order valence-electron chi connectivity index (χ2n) is 7.08. The molecule has 30 heavy (non-hydrogen) atoms. The highest BCUT2D eigenvalue weighted by Crippen LogP contribution is 2.25. The van der Waals surface area contributed by atoms with E-state index >= 15 is 0 Å². The average Bonchev–Trinajstić information content (AvgIpc) is 2.71. The number of nitrogens with one attached hydrogen (secondary N) is 3. The summed E-state index contributed by atoms with van der Waals surface area (Å²) < 4.78 is 14.4. The second kappa shape index (κ2) is 9.84. The third-order valence-electron chi connectivity index (χ3n) is 4.89. The third-order valence-corrected chi connectivity index (χ3v) is 4.89. The molecular formula is C21H26FN7O. The molecule has 1 saturated carbocycles. The molecule has 0 spiro atoms. The molecule has 8 nitrogen and oxygen atoms in total. The van der Waals surface area contributed by atoms with Crippen molar-refractivity contribution in [2.24, 2.45) is 11.5 Å². The number of hydrogen-bond donors (Lipinski definition) is 5. The molecule has 1 aromatic carbocycles. The standard InChI is InChI=1S/C21H26FN7O/c1-2-3-10-25-17-9-8-13(11-15(17)22)27-20-14(19(24)30)12-26-21(29-20)28-18-7-5-4-6-16(18)23/h2-3,8-12,16,18,25H,1,4-7,23H2,(H2,24,30)(H2,26,27,28,29)/b10-3-/t16-,18+/m0/s1. The number of rotatable bonds is 8. The second-order valence-corrected chi connectivity index (χ2v) is 7.08. The van der Waals surface area contributed by atoms with Crippen LogP contribution in [0.25, 0.3) is 0 Å². The molecule has 2 atom stereocenters. The summed E-state index contributed by atoms with van der Waals surface area (Å²) in [7, 11) is 0. The molecule has 2 aromatic rings. The van der Waals surface area contributed by atoms with E-state index in [0.29, 0.717) is 17.3 Å². The fourth-order valence-corrected chi connectivity index (χ4v) is 3.28. The summed E-state index contributed by atoms with van der Waals surface area (Å²) in [5.41, 5.74) is 12.4. The van der Waals surface area contributed by atoms with Crippen LogP contribution in [-0.4, -0.2) is 28.0 Å². The molecule has 1 fully saturated rings. The first-order valence-corrected chi connectivity index (χ1v) is 9.77. The number of nitrogens with zero attached hydrogens (tertiary/aromatic N) is 2. The Hall–Kier alpha value is -3.46. The van der Waals surface area contributed by atoms with Gasteiger partial charge in [-0.15, -0.1) is 0 Å². The van der Waals surface area contributed by atoms with Gasteiger partial charge in [-0.25, -0.2) is 9.37 Å². The molecule has 9 heteroatoms. The van der Waals surface area contributed by atoms with Gasteiger partial charge >= 0.3 is 0 Å². The van der Waals surface area contributed by atoms with Gasteiger partial charge < -0.3 is 27.4 Å². The number of carbonyl (C=O) groups excluding carboxylic acids is 1. The van der Waals surface area contributed by atoms with E-state index in [1.54, 1.807) is 30.5 Å². The Balaban J connectivity index is 1.81. The number of halogens is 1. The predicted molar refractivity (Wildman–Crippen MR) is 117 cm³/mol. The van der Waals surface area contributed by atoms with Crippen LogP contribution < -0.4 is 27.4 Å². The molecule has 0 radical (unpaired) electrons. The number of carbonyl (C=O) groups is 1. The van der Waals surface area contributed by atoms with E-state index < -0.39 is 11.7 Å². The number of primary amides is 1. The molecule has 0 unspecified atom stereocenters. The highest BCUT2D eigenvalue weighted by atomic mass is 19.1. The summed E-state index contributed by atoms with van der Waals surface area (Å²) in [6.07, 6.45) is 10.2. The van der Waals surface area contributed by atoms with Crippen LogP contribution >= 0.6 is 0 Å². The maximum absolute atomic E-state index is 14.4. The van der Waals surface area contributed by atoms with Crippen LogP contribution in [0.3, 0.4) is 0 Å². The summed E-state index contributed by atoms with van der Waals surface area (Å²) >= 11 is 0. The van der Waals surface area contributed by atoms with E-state index in [9.17, 15) is 9.18 Å². The number of aromatic nitrogens is 2. The number of anilines is 4. The zero-order valence-electron chi connectivity index (χ0n) is 16.6. The normalized spacial score (nSPS) is 18.7. The molecule has 158 valence electrons. The molecular weight excluding hydrogens is 385 g/mol. The highest BCUT2D eigenvalue weighted by molar-refractivity contribution is 5.98. The fraction of sp³-hybridized carbons (Fsp3) is 0.286. The number of amides is 1. The molecule has 0 saturated heterocycles. The van der Waals surface area contributed by atoms with Crippen LogP contribution in [0.2, 0.25) is 0 Å². The van der Waals surface area contributed by atoms with Gasteiger partial charge in [0.05, 0.1) is 5.69 Å². The summed E-state index contributed by atoms with van der Waals surface area (Å²) in [5.74, 6) is -0.643. The van der Waals surface area contributed by atoms with E-state index in [-0.39, 0.29) is 23.5 Å². The van der Waals surface area contributed by atoms with E-state index in [2.05, 4.69) is 32.5 Å². The number of nitrogens with two attached hydrogens (primary N) is 2. The Kier molecular flexibility index (Phi) is 6.97. The molecule has 1 aromatic heterocycles. The van der Waals surface area contributed by atoms with Crippen molar-refractivity contribution in [3.8, 4) is 0 Å². The number of allylic oxidation sites excluding steroid dienone is 2. The van der Waals surface area contributed by atoms with Gasteiger partial charge in [0.2, 0.25) is 5.95 Å². The maximum Gasteiger partial charge on any atom is 0.254 e. The first kappa shape index (κ1) is 21.3. The Morgan fingerprint density at radius 2 is 2.10 bits per heavy atom. The topological polar surface area (TPSA) is 131 Å². The first-order chi connectivity index (χ1) is 14.5. The number of benzene rings is 1. The van der Waals surface area contributed by atoms with Gasteiger partial charge in [-0.3, -0.25) is 4.79 Å². The highest BCUT2D eigenvalue weighted by Gasteiger charge is 2.23. The van der Waals surface area contributed by atoms with Gasteiger partial charge in [0, 0.05) is 30.2 Å². The third kappa shape index (κ3) is 5.32. The van der Waals surface area contributed by atoms with E-state index in [4.69, 9.17) is 11.5 Å². The fourth-order valence-electron chi connectivity index (χ4n) is 3.28. The average molecular weight is 411 g/mol. The van der Waals surface area contributed by atoms with Crippen LogP contribution in [0, 0.1) is 5.82 Å². The van der Waals surface area contributed by atoms with Crippen molar-refractivity contribution in [1.82, 2.24) is 9.97 Å². The summed E-state index contributed by atoms with van der Waals surface area (Å²) in [5, 5.41) is 9.00.